The maximum Gasteiger partial charge on any atom is 0.306 e. The highest BCUT2D eigenvalue weighted by molar-refractivity contribution is 5.71. The highest BCUT2D eigenvalue weighted by Crippen LogP contribution is 2.17. The second-order valence-corrected chi connectivity index (χ2v) is 17.0. The summed E-state index contributed by atoms with van der Waals surface area (Å²) in [7, 11) is 0. The number of carbonyl (C=O) groups is 3. The Kier molecular flexibility index (Phi) is 38.9. The Labute approximate surface area is 329 Å². The van der Waals surface area contributed by atoms with E-state index in [2.05, 4.69) is 34.6 Å². The SMILES string of the molecule is CCCCCCCCCC(=O)OC[C@H](COC(=O)CCCCCCCCCCCCCC(C)C)OC(=O)CCCCCCCCCCCCCC(C)C. The Morgan fingerprint density at radius 1 is 0.358 bits per heavy atom. The molecule has 0 radical (unpaired) electrons. The molecule has 0 aromatic rings. The Bertz CT molecular complexity index is 809. The maximum atomic E-state index is 12.7. The van der Waals surface area contributed by atoms with Crippen LogP contribution in [0.1, 0.15) is 253 Å². The van der Waals surface area contributed by atoms with Crippen molar-refractivity contribution in [3.63, 3.8) is 0 Å². The predicted octanol–water partition coefficient (Wildman–Crippen LogP) is 14.6. The number of ether oxygens (including phenoxy) is 3. The lowest BCUT2D eigenvalue weighted by Crippen LogP contribution is -2.30. The van der Waals surface area contributed by atoms with Gasteiger partial charge in [0.15, 0.2) is 6.10 Å². The molecule has 0 saturated carbocycles. The zero-order valence-electron chi connectivity index (χ0n) is 36.1. The molecular formula is C47H90O6. The Hall–Kier alpha value is -1.59. The molecule has 0 heterocycles. The minimum absolute atomic E-state index is 0.0650. The van der Waals surface area contributed by atoms with Gasteiger partial charge in [-0.25, -0.2) is 0 Å². The van der Waals surface area contributed by atoms with Crippen LogP contribution >= 0.6 is 0 Å². The zero-order chi connectivity index (χ0) is 39.0. The standard InChI is InChI=1S/C47H90O6/c1-6-7-8-9-20-27-32-37-45(48)51-40-44(53-47(50)39-34-29-24-19-15-11-13-17-22-26-31-36-43(4)5)41-52-46(49)38-33-28-23-18-14-10-12-16-21-25-30-35-42(2)3/h42-44H,6-41H2,1-5H3/t44-/m1/s1. The van der Waals surface area contributed by atoms with Crippen molar-refractivity contribution < 1.29 is 28.6 Å². The fraction of sp³-hybridized carbons (Fsp3) is 0.936. The summed E-state index contributed by atoms with van der Waals surface area (Å²) in [5, 5.41) is 0. The molecule has 0 unspecified atom stereocenters. The van der Waals surface area contributed by atoms with Gasteiger partial charge in [0, 0.05) is 19.3 Å². The van der Waals surface area contributed by atoms with Crippen molar-refractivity contribution in [2.24, 2.45) is 11.8 Å². The van der Waals surface area contributed by atoms with E-state index in [9.17, 15) is 14.4 Å². The Balaban J connectivity index is 4.26. The second-order valence-electron chi connectivity index (χ2n) is 17.0. The highest BCUT2D eigenvalue weighted by atomic mass is 16.6. The predicted molar refractivity (Wildman–Crippen MR) is 224 cm³/mol. The van der Waals surface area contributed by atoms with Crippen molar-refractivity contribution in [3.05, 3.63) is 0 Å². The lowest BCUT2D eigenvalue weighted by molar-refractivity contribution is -0.167. The summed E-state index contributed by atoms with van der Waals surface area (Å²) in [6, 6.07) is 0. The first-order valence-corrected chi connectivity index (χ1v) is 23.2. The molecule has 0 aliphatic carbocycles. The molecule has 6 nitrogen and oxygen atoms in total. The zero-order valence-corrected chi connectivity index (χ0v) is 36.1. The van der Waals surface area contributed by atoms with E-state index in [1.807, 2.05) is 0 Å². The van der Waals surface area contributed by atoms with Gasteiger partial charge >= 0.3 is 17.9 Å². The van der Waals surface area contributed by atoms with Crippen LogP contribution in [0.15, 0.2) is 0 Å². The minimum atomic E-state index is -0.759. The van der Waals surface area contributed by atoms with Crippen molar-refractivity contribution >= 4 is 17.9 Å². The summed E-state index contributed by atoms with van der Waals surface area (Å²) in [6.07, 6.45) is 38.1. The molecule has 6 heteroatoms. The lowest BCUT2D eigenvalue weighted by atomic mass is 10.0. The third-order valence-electron chi connectivity index (χ3n) is 10.5. The normalized spacial score (nSPS) is 12.1. The molecule has 0 saturated heterocycles. The molecule has 0 spiro atoms. The molecule has 0 aliphatic heterocycles. The number of rotatable bonds is 41. The van der Waals surface area contributed by atoms with Crippen LogP contribution in [0.2, 0.25) is 0 Å². The molecule has 0 fully saturated rings. The van der Waals surface area contributed by atoms with Gasteiger partial charge in [0.1, 0.15) is 13.2 Å². The number of esters is 3. The van der Waals surface area contributed by atoms with Gasteiger partial charge in [-0.2, -0.15) is 0 Å². The van der Waals surface area contributed by atoms with Crippen molar-refractivity contribution in [1.82, 2.24) is 0 Å². The molecule has 0 N–H and O–H groups in total. The van der Waals surface area contributed by atoms with E-state index in [1.54, 1.807) is 0 Å². The Morgan fingerprint density at radius 2 is 0.623 bits per heavy atom. The highest BCUT2D eigenvalue weighted by Gasteiger charge is 2.19. The fourth-order valence-electron chi connectivity index (χ4n) is 6.93. The number of carbonyl (C=O) groups excluding carboxylic acids is 3. The summed E-state index contributed by atoms with van der Waals surface area (Å²) < 4.78 is 16.7. The summed E-state index contributed by atoms with van der Waals surface area (Å²) in [6.45, 7) is 11.3. The molecule has 314 valence electrons. The van der Waals surface area contributed by atoms with E-state index in [-0.39, 0.29) is 31.1 Å². The van der Waals surface area contributed by atoms with Crippen molar-refractivity contribution in [3.8, 4) is 0 Å². The third-order valence-corrected chi connectivity index (χ3v) is 10.5. The average molecular weight is 751 g/mol. The monoisotopic (exact) mass is 751 g/mol. The first-order chi connectivity index (χ1) is 25.7. The molecule has 0 bridgehead atoms. The van der Waals surface area contributed by atoms with Crippen molar-refractivity contribution in [2.75, 3.05) is 13.2 Å². The van der Waals surface area contributed by atoms with Gasteiger partial charge in [-0.15, -0.1) is 0 Å². The summed E-state index contributed by atoms with van der Waals surface area (Å²) >= 11 is 0. The fourth-order valence-corrected chi connectivity index (χ4v) is 6.93. The van der Waals surface area contributed by atoms with E-state index >= 15 is 0 Å². The van der Waals surface area contributed by atoms with E-state index in [0.29, 0.717) is 19.3 Å². The van der Waals surface area contributed by atoms with Gasteiger partial charge in [0.25, 0.3) is 0 Å². The largest absolute Gasteiger partial charge is 0.462 e. The number of hydrogen-bond acceptors (Lipinski definition) is 6. The minimum Gasteiger partial charge on any atom is -0.462 e. The summed E-state index contributed by atoms with van der Waals surface area (Å²) in [4.78, 5) is 37.6. The van der Waals surface area contributed by atoms with Gasteiger partial charge in [0.05, 0.1) is 0 Å². The second kappa shape index (κ2) is 40.1. The van der Waals surface area contributed by atoms with Gasteiger partial charge in [-0.1, -0.05) is 214 Å². The smallest absolute Gasteiger partial charge is 0.306 e. The van der Waals surface area contributed by atoms with E-state index < -0.39 is 6.10 Å². The van der Waals surface area contributed by atoms with Gasteiger partial charge in [-0.05, 0) is 31.1 Å². The van der Waals surface area contributed by atoms with Crippen LogP contribution in [0.4, 0.5) is 0 Å². The molecule has 0 amide bonds. The van der Waals surface area contributed by atoms with Crippen LogP contribution in [0.3, 0.4) is 0 Å². The summed E-state index contributed by atoms with van der Waals surface area (Å²) in [5.74, 6) is 0.790. The van der Waals surface area contributed by atoms with Crippen molar-refractivity contribution in [2.45, 2.75) is 259 Å². The van der Waals surface area contributed by atoms with Crippen LogP contribution in [-0.2, 0) is 28.6 Å². The van der Waals surface area contributed by atoms with E-state index in [1.165, 1.54) is 141 Å². The van der Waals surface area contributed by atoms with Crippen molar-refractivity contribution in [1.29, 1.82) is 0 Å². The molecule has 0 aliphatic rings. The quantitative estimate of drug-likeness (QED) is 0.0352. The molecule has 0 rings (SSSR count). The maximum absolute atomic E-state index is 12.7. The van der Waals surface area contributed by atoms with Gasteiger partial charge < -0.3 is 14.2 Å². The van der Waals surface area contributed by atoms with Crippen LogP contribution in [0.5, 0.6) is 0 Å². The topological polar surface area (TPSA) is 78.9 Å². The molecular weight excluding hydrogens is 661 g/mol. The van der Waals surface area contributed by atoms with Gasteiger partial charge in [0.2, 0.25) is 0 Å². The van der Waals surface area contributed by atoms with E-state index in [4.69, 9.17) is 14.2 Å². The number of hydrogen-bond donors (Lipinski definition) is 0. The van der Waals surface area contributed by atoms with E-state index in [0.717, 1.165) is 69.6 Å². The lowest BCUT2D eigenvalue weighted by Gasteiger charge is -2.18. The molecule has 53 heavy (non-hydrogen) atoms. The third kappa shape index (κ3) is 41.4. The first-order valence-electron chi connectivity index (χ1n) is 23.2. The molecule has 0 aromatic carbocycles. The summed E-state index contributed by atoms with van der Waals surface area (Å²) in [5.41, 5.74) is 0. The van der Waals surface area contributed by atoms with Gasteiger partial charge in [-0.3, -0.25) is 14.4 Å². The van der Waals surface area contributed by atoms with Crippen LogP contribution in [-0.4, -0.2) is 37.2 Å². The van der Waals surface area contributed by atoms with Crippen LogP contribution in [0.25, 0.3) is 0 Å². The average Bonchev–Trinajstić information content (AvgIpc) is 3.12. The number of unbranched alkanes of at least 4 members (excludes halogenated alkanes) is 26. The van der Waals surface area contributed by atoms with Crippen LogP contribution < -0.4 is 0 Å². The molecule has 1 atom stereocenters. The molecule has 0 aromatic heterocycles. The Morgan fingerprint density at radius 3 is 0.925 bits per heavy atom. The van der Waals surface area contributed by atoms with Crippen LogP contribution in [0, 0.1) is 11.8 Å². The first kappa shape index (κ1) is 51.4.